The maximum Gasteiger partial charge on any atom is 0.124 e. The Kier molecular flexibility index (Phi) is 1.52. The lowest BCUT2D eigenvalue weighted by Gasteiger charge is -2.01. The molecule has 0 atom stereocenters. The number of hydrogen-bond acceptors (Lipinski definition) is 2. The Morgan fingerprint density at radius 1 is 0.929 bits per heavy atom. The monoisotopic (exact) mass is 200 g/mol. The summed E-state index contributed by atoms with van der Waals surface area (Å²) in [4.78, 5) is 0. The van der Waals surface area contributed by atoms with E-state index in [9.17, 15) is 5.11 Å². The first-order valence-corrected chi connectivity index (χ1v) is 5.32. The second kappa shape index (κ2) is 2.72. The number of benzene rings is 2. The number of aromatic hydroxyl groups is 1. The van der Waals surface area contributed by atoms with Crippen molar-refractivity contribution in [2.24, 2.45) is 0 Å². The van der Waals surface area contributed by atoms with E-state index in [4.69, 9.17) is 0 Å². The molecule has 0 spiro atoms. The van der Waals surface area contributed by atoms with Crippen LogP contribution < -0.4 is 0 Å². The van der Waals surface area contributed by atoms with E-state index in [0.29, 0.717) is 5.75 Å². The van der Waals surface area contributed by atoms with Crippen LogP contribution in [0.2, 0.25) is 0 Å². The molecule has 1 aromatic heterocycles. The van der Waals surface area contributed by atoms with Gasteiger partial charge in [-0.15, -0.1) is 11.3 Å². The average molecular weight is 200 g/mol. The standard InChI is InChI=1S/C12H8OS/c13-10-3-1-2-8-4-5-9-6-7-14-12(9)11(8)10/h1-7,13H. The Labute approximate surface area is 85.2 Å². The third-order valence-electron chi connectivity index (χ3n) is 2.44. The molecule has 0 radical (unpaired) electrons. The van der Waals surface area contributed by atoms with Crippen molar-refractivity contribution in [1.29, 1.82) is 0 Å². The van der Waals surface area contributed by atoms with Crippen LogP contribution in [0.25, 0.3) is 20.9 Å². The van der Waals surface area contributed by atoms with E-state index in [2.05, 4.69) is 17.5 Å². The van der Waals surface area contributed by atoms with Gasteiger partial charge in [-0.2, -0.15) is 0 Å². The fourth-order valence-electron chi connectivity index (χ4n) is 1.78. The van der Waals surface area contributed by atoms with Crippen LogP contribution >= 0.6 is 11.3 Å². The summed E-state index contributed by atoms with van der Waals surface area (Å²) >= 11 is 1.67. The molecule has 0 aliphatic carbocycles. The largest absolute Gasteiger partial charge is 0.507 e. The zero-order valence-electron chi connectivity index (χ0n) is 7.40. The van der Waals surface area contributed by atoms with Gasteiger partial charge in [-0.25, -0.2) is 0 Å². The van der Waals surface area contributed by atoms with Crippen molar-refractivity contribution in [3.8, 4) is 5.75 Å². The summed E-state index contributed by atoms with van der Waals surface area (Å²) in [7, 11) is 0. The highest BCUT2D eigenvalue weighted by Crippen LogP contribution is 2.34. The summed E-state index contributed by atoms with van der Waals surface area (Å²) in [5, 5.41) is 15.1. The lowest BCUT2D eigenvalue weighted by molar-refractivity contribution is 0.482. The van der Waals surface area contributed by atoms with E-state index in [1.807, 2.05) is 18.2 Å². The van der Waals surface area contributed by atoms with E-state index in [0.717, 1.165) is 10.8 Å². The van der Waals surface area contributed by atoms with Gasteiger partial charge in [0.2, 0.25) is 0 Å². The molecule has 14 heavy (non-hydrogen) atoms. The van der Waals surface area contributed by atoms with Crippen molar-refractivity contribution in [3.63, 3.8) is 0 Å². The van der Waals surface area contributed by atoms with Crippen LogP contribution in [-0.2, 0) is 0 Å². The summed E-state index contributed by atoms with van der Waals surface area (Å²) in [6.45, 7) is 0. The zero-order chi connectivity index (χ0) is 9.54. The van der Waals surface area contributed by atoms with Crippen LogP contribution in [0.3, 0.4) is 0 Å². The molecule has 0 fully saturated rings. The predicted molar refractivity (Wildman–Crippen MR) is 61.0 cm³/mol. The molecule has 3 rings (SSSR count). The van der Waals surface area contributed by atoms with Crippen molar-refractivity contribution in [3.05, 3.63) is 41.8 Å². The summed E-state index contributed by atoms with van der Waals surface area (Å²) in [6, 6.07) is 11.8. The van der Waals surface area contributed by atoms with Gasteiger partial charge in [0, 0.05) is 10.1 Å². The minimum Gasteiger partial charge on any atom is -0.507 e. The first-order valence-electron chi connectivity index (χ1n) is 4.44. The molecule has 68 valence electrons. The van der Waals surface area contributed by atoms with Crippen LogP contribution in [0.5, 0.6) is 5.75 Å². The minimum atomic E-state index is 0.371. The molecule has 0 bridgehead atoms. The van der Waals surface area contributed by atoms with Crippen LogP contribution in [-0.4, -0.2) is 5.11 Å². The molecule has 0 aliphatic heterocycles. The maximum absolute atomic E-state index is 9.79. The Morgan fingerprint density at radius 3 is 2.71 bits per heavy atom. The molecular weight excluding hydrogens is 192 g/mol. The molecule has 2 heteroatoms. The summed E-state index contributed by atoms with van der Waals surface area (Å²) in [5.74, 6) is 0.371. The topological polar surface area (TPSA) is 20.2 Å². The summed E-state index contributed by atoms with van der Waals surface area (Å²) in [5.41, 5.74) is 0. The van der Waals surface area contributed by atoms with E-state index >= 15 is 0 Å². The van der Waals surface area contributed by atoms with E-state index in [1.54, 1.807) is 17.4 Å². The van der Waals surface area contributed by atoms with E-state index in [1.165, 1.54) is 10.1 Å². The second-order valence-corrected chi connectivity index (χ2v) is 4.20. The lowest BCUT2D eigenvalue weighted by atomic mass is 10.1. The van der Waals surface area contributed by atoms with Crippen molar-refractivity contribution < 1.29 is 5.11 Å². The van der Waals surface area contributed by atoms with E-state index in [-0.39, 0.29) is 0 Å². The fraction of sp³-hybridized carbons (Fsp3) is 0. The SMILES string of the molecule is Oc1cccc2ccc3ccsc3c12. The quantitative estimate of drug-likeness (QED) is 0.585. The Balaban J connectivity index is 2.67. The molecule has 1 nitrogen and oxygen atoms in total. The van der Waals surface area contributed by atoms with Crippen molar-refractivity contribution in [1.82, 2.24) is 0 Å². The lowest BCUT2D eigenvalue weighted by Crippen LogP contribution is -1.73. The maximum atomic E-state index is 9.79. The number of phenols is 1. The molecule has 0 amide bonds. The fourth-order valence-corrected chi connectivity index (χ4v) is 2.74. The van der Waals surface area contributed by atoms with Crippen molar-refractivity contribution in [2.45, 2.75) is 0 Å². The Hall–Kier alpha value is -1.54. The van der Waals surface area contributed by atoms with E-state index < -0.39 is 0 Å². The van der Waals surface area contributed by atoms with Gasteiger partial charge in [-0.05, 0) is 28.3 Å². The highest BCUT2D eigenvalue weighted by Gasteiger charge is 2.04. The van der Waals surface area contributed by atoms with Gasteiger partial charge in [0.05, 0.1) is 0 Å². The molecule has 1 N–H and O–H groups in total. The minimum absolute atomic E-state index is 0.371. The van der Waals surface area contributed by atoms with Gasteiger partial charge >= 0.3 is 0 Å². The molecular formula is C12H8OS. The van der Waals surface area contributed by atoms with Gasteiger partial charge in [-0.3, -0.25) is 0 Å². The summed E-state index contributed by atoms with van der Waals surface area (Å²) < 4.78 is 1.17. The molecule has 0 aliphatic rings. The van der Waals surface area contributed by atoms with Gasteiger partial charge < -0.3 is 5.11 Å². The molecule has 0 saturated heterocycles. The predicted octanol–water partition coefficient (Wildman–Crippen LogP) is 3.76. The van der Waals surface area contributed by atoms with Gasteiger partial charge in [0.25, 0.3) is 0 Å². The van der Waals surface area contributed by atoms with Crippen LogP contribution in [0, 0.1) is 0 Å². The number of rotatable bonds is 0. The van der Waals surface area contributed by atoms with Gasteiger partial charge in [0.1, 0.15) is 5.75 Å². The third kappa shape index (κ3) is 0.946. The third-order valence-corrected chi connectivity index (χ3v) is 3.39. The zero-order valence-corrected chi connectivity index (χ0v) is 8.21. The van der Waals surface area contributed by atoms with Crippen LogP contribution in [0.4, 0.5) is 0 Å². The first-order chi connectivity index (χ1) is 6.86. The number of hydrogen-bond donors (Lipinski definition) is 1. The van der Waals surface area contributed by atoms with Gasteiger partial charge in [-0.1, -0.05) is 24.3 Å². The highest BCUT2D eigenvalue weighted by atomic mass is 32.1. The highest BCUT2D eigenvalue weighted by molar-refractivity contribution is 7.18. The smallest absolute Gasteiger partial charge is 0.124 e. The number of phenolic OH excluding ortho intramolecular Hbond substituents is 1. The number of thiophene rings is 1. The van der Waals surface area contributed by atoms with Crippen molar-refractivity contribution in [2.75, 3.05) is 0 Å². The molecule has 0 unspecified atom stereocenters. The molecule has 2 aromatic carbocycles. The molecule has 3 aromatic rings. The van der Waals surface area contributed by atoms with Crippen LogP contribution in [0.15, 0.2) is 41.8 Å². The molecule has 1 heterocycles. The van der Waals surface area contributed by atoms with Crippen LogP contribution in [0.1, 0.15) is 0 Å². The Bertz CT molecular complexity index is 610. The molecule has 0 saturated carbocycles. The van der Waals surface area contributed by atoms with Crippen molar-refractivity contribution >= 4 is 32.2 Å². The van der Waals surface area contributed by atoms with Gasteiger partial charge in [0.15, 0.2) is 0 Å². The first kappa shape index (κ1) is 7.83. The Morgan fingerprint density at radius 2 is 1.79 bits per heavy atom. The number of fused-ring (bicyclic) bond motifs is 3. The summed E-state index contributed by atoms with van der Waals surface area (Å²) in [6.07, 6.45) is 0. The second-order valence-electron chi connectivity index (χ2n) is 3.28. The average Bonchev–Trinajstić information content (AvgIpc) is 2.65. The normalized spacial score (nSPS) is 11.1.